The van der Waals surface area contributed by atoms with Crippen molar-refractivity contribution >= 4 is 40.3 Å². The summed E-state index contributed by atoms with van der Waals surface area (Å²) in [7, 11) is 0. The third kappa shape index (κ3) is 4.90. The van der Waals surface area contributed by atoms with E-state index in [0.29, 0.717) is 35.6 Å². The Hall–Kier alpha value is -4.11. The van der Waals surface area contributed by atoms with E-state index in [9.17, 15) is 9.59 Å². The molecule has 1 aliphatic heterocycles. The van der Waals surface area contributed by atoms with Crippen LogP contribution in [0.2, 0.25) is 5.02 Å². The number of para-hydroxylation sites is 1. The van der Waals surface area contributed by atoms with Crippen molar-refractivity contribution in [3.63, 3.8) is 0 Å². The van der Waals surface area contributed by atoms with E-state index in [0.717, 1.165) is 19.3 Å². The zero-order chi connectivity index (χ0) is 24.2. The number of rotatable bonds is 6. The number of anilines is 1. The number of piperidine rings is 1. The van der Waals surface area contributed by atoms with Crippen molar-refractivity contribution in [2.45, 2.75) is 19.3 Å². The van der Waals surface area contributed by atoms with E-state index < -0.39 is 6.09 Å². The van der Waals surface area contributed by atoms with Gasteiger partial charge >= 0.3 is 6.09 Å². The Bertz CT molecular complexity index is 1370. The molecule has 9 nitrogen and oxygen atoms in total. The lowest BCUT2D eigenvalue weighted by Gasteiger charge is -2.25. The Labute approximate surface area is 206 Å². The van der Waals surface area contributed by atoms with Crippen LogP contribution in [0.15, 0.2) is 61.1 Å². The maximum Gasteiger partial charge on any atom is 0.434 e. The number of H-pyrrole nitrogens is 1. The number of hydrogen-bond donors (Lipinski definition) is 2. The molecule has 1 saturated heterocycles. The molecule has 1 amide bonds. The van der Waals surface area contributed by atoms with Gasteiger partial charge in [0.25, 0.3) is 0 Å². The molecule has 0 spiro atoms. The molecule has 2 aromatic heterocycles. The van der Waals surface area contributed by atoms with Crippen molar-refractivity contribution in [2.75, 3.05) is 18.6 Å². The van der Waals surface area contributed by atoms with Gasteiger partial charge in [0, 0.05) is 30.9 Å². The third-order valence-electron chi connectivity index (χ3n) is 5.73. The highest BCUT2D eigenvalue weighted by Gasteiger charge is 2.23. The van der Waals surface area contributed by atoms with E-state index >= 15 is 0 Å². The predicted octanol–water partition coefficient (Wildman–Crippen LogP) is 5.58. The fourth-order valence-corrected chi connectivity index (χ4v) is 4.22. The summed E-state index contributed by atoms with van der Waals surface area (Å²) in [5, 5.41) is 0.630. The second-order valence-corrected chi connectivity index (χ2v) is 8.46. The fourth-order valence-electron chi connectivity index (χ4n) is 3.97. The minimum atomic E-state index is -0.489. The van der Waals surface area contributed by atoms with Crippen molar-refractivity contribution in [1.82, 2.24) is 19.9 Å². The lowest BCUT2D eigenvalue weighted by molar-refractivity contribution is 0.104. The minimum absolute atomic E-state index is 0.199. The lowest BCUT2D eigenvalue weighted by Crippen LogP contribution is -2.37. The van der Waals surface area contributed by atoms with Gasteiger partial charge in [-0.2, -0.15) is 5.48 Å². The summed E-state index contributed by atoms with van der Waals surface area (Å²) < 4.78 is 5.79. The zero-order valence-electron chi connectivity index (χ0n) is 18.7. The Morgan fingerprint density at radius 1 is 0.971 bits per heavy atom. The van der Waals surface area contributed by atoms with Crippen LogP contribution in [-0.4, -0.2) is 44.8 Å². The molecule has 0 bridgehead atoms. The number of carbonyl (C=O) groups is 2. The Morgan fingerprint density at radius 2 is 1.77 bits per heavy atom. The molecule has 3 heterocycles. The fraction of sp³-hybridized carbons (Fsp3) is 0.200. The van der Waals surface area contributed by atoms with Crippen LogP contribution in [0.25, 0.3) is 11.0 Å². The molecule has 1 aliphatic rings. The number of nitrogens with zero attached hydrogens (tertiary/aromatic N) is 3. The van der Waals surface area contributed by atoms with Crippen LogP contribution >= 0.6 is 11.6 Å². The molecule has 35 heavy (non-hydrogen) atoms. The topological polar surface area (TPSA) is 109 Å². The van der Waals surface area contributed by atoms with Gasteiger partial charge in [0.2, 0.25) is 0 Å². The first-order valence-corrected chi connectivity index (χ1v) is 11.6. The first-order valence-electron chi connectivity index (χ1n) is 11.2. The number of amides is 1. The van der Waals surface area contributed by atoms with E-state index in [2.05, 4.69) is 20.4 Å². The molecule has 2 N–H and O–H groups in total. The summed E-state index contributed by atoms with van der Waals surface area (Å²) in [4.78, 5) is 44.0. The van der Waals surface area contributed by atoms with Crippen LogP contribution in [0, 0.1) is 0 Å². The Morgan fingerprint density at radius 3 is 2.54 bits per heavy atom. The molecule has 10 heteroatoms. The number of halogens is 1. The quantitative estimate of drug-likeness (QED) is 0.267. The van der Waals surface area contributed by atoms with Gasteiger partial charge < -0.3 is 19.5 Å². The second-order valence-electron chi connectivity index (χ2n) is 8.05. The van der Waals surface area contributed by atoms with Crippen molar-refractivity contribution in [1.29, 1.82) is 0 Å². The smallest absolute Gasteiger partial charge is 0.434 e. The summed E-state index contributed by atoms with van der Waals surface area (Å²) in [5.74, 6) is 1.02. The maximum atomic E-state index is 13.4. The van der Waals surface area contributed by atoms with Gasteiger partial charge in [-0.15, -0.1) is 0 Å². The van der Waals surface area contributed by atoms with Gasteiger partial charge in [-0.1, -0.05) is 29.8 Å². The van der Waals surface area contributed by atoms with E-state index in [4.69, 9.17) is 21.2 Å². The maximum absolute atomic E-state index is 13.4. The molecular weight excluding hydrogens is 470 g/mol. The van der Waals surface area contributed by atoms with Crippen LogP contribution in [0.5, 0.6) is 11.5 Å². The summed E-state index contributed by atoms with van der Waals surface area (Å²) >= 11 is 6.45. The summed E-state index contributed by atoms with van der Waals surface area (Å²) in [6.07, 6.45) is 5.34. The minimum Gasteiger partial charge on any atom is -0.457 e. The summed E-state index contributed by atoms with van der Waals surface area (Å²) in [5.41, 5.74) is 3.59. The monoisotopic (exact) mass is 491 g/mol. The Balaban J connectivity index is 1.37. The predicted molar refractivity (Wildman–Crippen MR) is 131 cm³/mol. The van der Waals surface area contributed by atoms with E-state index in [-0.39, 0.29) is 27.8 Å². The molecule has 0 atom stereocenters. The standard InChI is InChI=1S/C25H22ClN5O4/c26-20-13-17(34-16-7-3-1-4-8-16)9-10-18(20)22(32)19-14-27-23-21(19)24(29-15-28-23)30-35-25(33)31-11-5-2-6-12-31/h1,3-4,7-10,13-15H,2,5-6,11-12H2,(H2,27,28,29,30). The molecule has 0 unspecified atom stereocenters. The van der Waals surface area contributed by atoms with E-state index in [1.807, 2.05) is 30.3 Å². The van der Waals surface area contributed by atoms with Gasteiger partial charge in [0.05, 0.1) is 16.0 Å². The first kappa shape index (κ1) is 22.7. The molecule has 1 fully saturated rings. The average molecular weight is 492 g/mol. The molecule has 0 aliphatic carbocycles. The number of aromatic nitrogens is 3. The van der Waals surface area contributed by atoms with Crippen LogP contribution in [0.4, 0.5) is 10.6 Å². The number of carbonyl (C=O) groups excluding carboxylic acids is 2. The number of benzene rings is 2. The number of nitrogens with one attached hydrogen (secondary N) is 2. The van der Waals surface area contributed by atoms with Crippen molar-refractivity contribution in [3.8, 4) is 11.5 Å². The van der Waals surface area contributed by atoms with Crippen LogP contribution in [0.3, 0.4) is 0 Å². The SMILES string of the molecule is O=C(c1ccc(Oc2ccccc2)cc1Cl)c1c[nH]c2ncnc(NOC(=O)N3CCCCC3)c12. The molecule has 0 saturated carbocycles. The highest BCUT2D eigenvalue weighted by Crippen LogP contribution is 2.31. The molecule has 2 aromatic carbocycles. The number of ether oxygens (including phenoxy) is 1. The normalized spacial score (nSPS) is 13.5. The number of fused-ring (bicyclic) bond motifs is 1. The highest BCUT2D eigenvalue weighted by molar-refractivity contribution is 6.35. The van der Waals surface area contributed by atoms with Crippen molar-refractivity contribution in [2.24, 2.45) is 0 Å². The zero-order valence-corrected chi connectivity index (χ0v) is 19.4. The number of likely N-dealkylation sites (tertiary alicyclic amines) is 1. The van der Waals surface area contributed by atoms with Gasteiger partial charge in [-0.05, 0) is 43.5 Å². The lowest BCUT2D eigenvalue weighted by atomic mass is 10.0. The molecule has 4 aromatic rings. The second kappa shape index (κ2) is 10.0. The van der Waals surface area contributed by atoms with Gasteiger partial charge in [0.15, 0.2) is 11.6 Å². The average Bonchev–Trinajstić information content (AvgIpc) is 3.33. The van der Waals surface area contributed by atoms with Crippen LogP contribution in [-0.2, 0) is 4.84 Å². The number of aromatic amines is 1. The number of hydrogen-bond acceptors (Lipinski definition) is 7. The van der Waals surface area contributed by atoms with Crippen LogP contribution < -0.4 is 10.2 Å². The van der Waals surface area contributed by atoms with Gasteiger partial charge in [0.1, 0.15) is 23.5 Å². The first-order chi connectivity index (χ1) is 17.1. The van der Waals surface area contributed by atoms with Gasteiger partial charge in [-0.3, -0.25) is 4.79 Å². The van der Waals surface area contributed by atoms with Gasteiger partial charge in [-0.25, -0.2) is 14.8 Å². The summed E-state index contributed by atoms with van der Waals surface area (Å²) in [6, 6.07) is 14.1. The van der Waals surface area contributed by atoms with Crippen molar-refractivity contribution < 1.29 is 19.2 Å². The van der Waals surface area contributed by atoms with E-state index in [1.54, 1.807) is 23.1 Å². The molecule has 178 valence electrons. The third-order valence-corrected chi connectivity index (χ3v) is 6.04. The summed E-state index contributed by atoms with van der Waals surface area (Å²) in [6.45, 7) is 1.30. The highest BCUT2D eigenvalue weighted by atomic mass is 35.5. The Kier molecular flexibility index (Phi) is 6.49. The van der Waals surface area contributed by atoms with E-state index in [1.165, 1.54) is 12.5 Å². The molecule has 5 rings (SSSR count). The number of ketones is 1. The largest absolute Gasteiger partial charge is 0.457 e. The molecule has 0 radical (unpaired) electrons. The van der Waals surface area contributed by atoms with Crippen molar-refractivity contribution in [3.05, 3.63) is 77.2 Å². The molecular formula is C25H22ClN5O4. The van der Waals surface area contributed by atoms with Crippen LogP contribution in [0.1, 0.15) is 35.2 Å².